The number of ketones is 1. The van der Waals surface area contributed by atoms with Crippen LogP contribution < -0.4 is 0 Å². The molecule has 0 bridgehead atoms. The van der Waals surface area contributed by atoms with Gasteiger partial charge in [-0.1, -0.05) is 11.6 Å². The van der Waals surface area contributed by atoms with Crippen LogP contribution in [0.4, 0.5) is 5.69 Å². The maximum absolute atomic E-state index is 10.8. The summed E-state index contributed by atoms with van der Waals surface area (Å²) in [5.41, 5.74) is 1.70. The molecule has 0 N–H and O–H groups in total. The van der Waals surface area contributed by atoms with Crippen molar-refractivity contribution in [1.29, 1.82) is 0 Å². The van der Waals surface area contributed by atoms with Crippen molar-refractivity contribution in [2.75, 3.05) is 0 Å². The number of aryl methyl sites for hydroxylation is 2. The molecule has 4 nitrogen and oxygen atoms in total. The van der Waals surface area contributed by atoms with E-state index in [9.17, 15) is 14.9 Å². The van der Waals surface area contributed by atoms with Gasteiger partial charge in [0.05, 0.1) is 4.92 Å². The summed E-state index contributed by atoms with van der Waals surface area (Å²) in [5.74, 6) is 0.0470. The zero-order valence-electron chi connectivity index (χ0n) is 8.82. The molecule has 0 fully saturated rings. The van der Waals surface area contributed by atoms with Crippen molar-refractivity contribution in [1.82, 2.24) is 0 Å². The number of Topliss-reactive ketones (excluding diaryl/α,β-unsaturated/α-hetero) is 1. The topological polar surface area (TPSA) is 60.2 Å². The minimum absolute atomic E-state index is 0.0470. The highest BCUT2D eigenvalue weighted by molar-refractivity contribution is 5.75. The van der Waals surface area contributed by atoms with Crippen LogP contribution in [0.1, 0.15) is 24.5 Å². The Labute approximate surface area is 88.1 Å². The quantitative estimate of drug-likeness (QED) is 0.562. The molecule has 1 aromatic rings. The van der Waals surface area contributed by atoms with Gasteiger partial charge in [0, 0.05) is 18.1 Å². The first-order valence-corrected chi connectivity index (χ1v) is 4.74. The summed E-state index contributed by atoms with van der Waals surface area (Å²) in [7, 11) is 0. The number of nitrogens with zero attached hydrogens (tertiary/aromatic N) is 1. The smallest absolute Gasteiger partial charge is 0.272 e. The van der Waals surface area contributed by atoms with E-state index in [0.717, 1.165) is 5.56 Å². The molecule has 4 heteroatoms. The molecule has 0 saturated carbocycles. The molecule has 0 heterocycles. The number of nitro benzene ring substituents is 1. The average molecular weight is 207 g/mol. The Balaban J connectivity index is 2.96. The van der Waals surface area contributed by atoms with Crippen LogP contribution in [0.15, 0.2) is 18.2 Å². The van der Waals surface area contributed by atoms with E-state index in [0.29, 0.717) is 18.4 Å². The second-order valence-corrected chi connectivity index (χ2v) is 3.59. The molecule has 0 unspecified atom stereocenters. The van der Waals surface area contributed by atoms with Gasteiger partial charge in [0.15, 0.2) is 0 Å². The molecule has 80 valence electrons. The van der Waals surface area contributed by atoms with Crippen LogP contribution in [0, 0.1) is 17.0 Å². The predicted octanol–water partition coefficient (Wildman–Crippen LogP) is 2.42. The van der Waals surface area contributed by atoms with E-state index in [1.54, 1.807) is 12.1 Å². The zero-order valence-corrected chi connectivity index (χ0v) is 8.82. The van der Waals surface area contributed by atoms with E-state index in [4.69, 9.17) is 0 Å². The third-order valence-electron chi connectivity index (χ3n) is 2.18. The largest absolute Gasteiger partial charge is 0.300 e. The molecule has 0 aliphatic rings. The van der Waals surface area contributed by atoms with Crippen molar-refractivity contribution < 1.29 is 9.72 Å². The van der Waals surface area contributed by atoms with E-state index < -0.39 is 4.92 Å². The standard InChI is InChI=1S/C11H13NO3/c1-8-3-6-11(12(14)15)10(7-8)5-4-9(2)13/h3,6-7H,4-5H2,1-2H3. The summed E-state index contributed by atoms with van der Waals surface area (Å²) in [4.78, 5) is 21.1. The van der Waals surface area contributed by atoms with Gasteiger partial charge in [0.1, 0.15) is 5.78 Å². The van der Waals surface area contributed by atoms with Crippen molar-refractivity contribution in [3.05, 3.63) is 39.4 Å². The number of carbonyl (C=O) groups excluding carboxylic acids is 1. The van der Waals surface area contributed by atoms with E-state index in [1.807, 2.05) is 6.92 Å². The Morgan fingerprint density at radius 1 is 1.47 bits per heavy atom. The Bertz CT molecular complexity index is 399. The summed E-state index contributed by atoms with van der Waals surface area (Å²) >= 11 is 0. The molecule has 15 heavy (non-hydrogen) atoms. The summed E-state index contributed by atoms with van der Waals surface area (Å²) in [6.07, 6.45) is 0.789. The highest BCUT2D eigenvalue weighted by atomic mass is 16.6. The number of carbonyl (C=O) groups is 1. The van der Waals surface area contributed by atoms with Crippen molar-refractivity contribution in [3.8, 4) is 0 Å². The molecule has 0 amide bonds. The number of hydrogen-bond donors (Lipinski definition) is 0. The second kappa shape index (κ2) is 4.68. The molecular weight excluding hydrogens is 194 g/mol. The van der Waals surface area contributed by atoms with Gasteiger partial charge in [0.2, 0.25) is 0 Å². The predicted molar refractivity (Wildman–Crippen MR) is 56.8 cm³/mol. The Morgan fingerprint density at radius 2 is 2.13 bits per heavy atom. The Morgan fingerprint density at radius 3 is 2.67 bits per heavy atom. The third-order valence-corrected chi connectivity index (χ3v) is 2.18. The van der Waals surface area contributed by atoms with Gasteiger partial charge in [0.25, 0.3) is 5.69 Å². The Hall–Kier alpha value is -1.71. The van der Waals surface area contributed by atoms with Gasteiger partial charge in [-0.15, -0.1) is 0 Å². The molecular formula is C11H13NO3. The van der Waals surface area contributed by atoms with Gasteiger partial charge in [-0.05, 0) is 26.3 Å². The highest BCUT2D eigenvalue weighted by Gasteiger charge is 2.13. The molecule has 1 aromatic carbocycles. The monoisotopic (exact) mass is 207 g/mol. The fourth-order valence-corrected chi connectivity index (χ4v) is 1.40. The normalized spacial score (nSPS) is 10.0. The van der Waals surface area contributed by atoms with E-state index in [-0.39, 0.29) is 11.5 Å². The fraction of sp³-hybridized carbons (Fsp3) is 0.364. The lowest BCUT2D eigenvalue weighted by molar-refractivity contribution is -0.385. The molecule has 0 aliphatic heterocycles. The summed E-state index contributed by atoms with van der Waals surface area (Å²) < 4.78 is 0. The minimum Gasteiger partial charge on any atom is -0.300 e. The number of hydrogen-bond acceptors (Lipinski definition) is 3. The average Bonchev–Trinajstić information content (AvgIpc) is 2.14. The van der Waals surface area contributed by atoms with Crippen molar-refractivity contribution in [2.45, 2.75) is 26.7 Å². The SMILES string of the molecule is CC(=O)CCc1cc(C)ccc1[N+](=O)[O-]. The first-order valence-electron chi connectivity index (χ1n) is 4.74. The van der Waals surface area contributed by atoms with Gasteiger partial charge < -0.3 is 4.79 Å². The first kappa shape index (κ1) is 11.4. The van der Waals surface area contributed by atoms with Crippen molar-refractivity contribution in [2.24, 2.45) is 0 Å². The number of rotatable bonds is 4. The van der Waals surface area contributed by atoms with Crippen LogP contribution in [0.5, 0.6) is 0 Å². The van der Waals surface area contributed by atoms with E-state index in [2.05, 4.69) is 0 Å². The van der Waals surface area contributed by atoms with E-state index >= 15 is 0 Å². The van der Waals surface area contributed by atoms with E-state index in [1.165, 1.54) is 13.0 Å². The van der Waals surface area contributed by atoms with Crippen LogP contribution in [0.2, 0.25) is 0 Å². The lowest BCUT2D eigenvalue weighted by Crippen LogP contribution is -1.99. The maximum atomic E-state index is 10.8. The second-order valence-electron chi connectivity index (χ2n) is 3.59. The maximum Gasteiger partial charge on any atom is 0.272 e. The van der Waals surface area contributed by atoms with Crippen LogP contribution >= 0.6 is 0 Å². The van der Waals surface area contributed by atoms with Crippen LogP contribution in [-0.2, 0) is 11.2 Å². The first-order chi connectivity index (χ1) is 7.00. The van der Waals surface area contributed by atoms with Crippen LogP contribution in [-0.4, -0.2) is 10.7 Å². The fourth-order valence-electron chi connectivity index (χ4n) is 1.40. The molecule has 0 radical (unpaired) electrons. The van der Waals surface area contributed by atoms with Crippen molar-refractivity contribution in [3.63, 3.8) is 0 Å². The molecule has 0 aliphatic carbocycles. The molecule has 0 atom stereocenters. The minimum atomic E-state index is -0.408. The lowest BCUT2D eigenvalue weighted by atomic mass is 10.0. The van der Waals surface area contributed by atoms with Gasteiger partial charge in [-0.3, -0.25) is 10.1 Å². The summed E-state index contributed by atoms with van der Waals surface area (Å²) in [6, 6.07) is 4.96. The molecule has 0 spiro atoms. The zero-order chi connectivity index (χ0) is 11.4. The van der Waals surface area contributed by atoms with Gasteiger partial charge in [-0.2, -0.15) is 0 Å². The molecule has 1 rings (SSSR count). The summed E-state index contributed by atoms with van der Waals surface area (Å²) in [5, 5.41) is 10.7. The van der Waals surface area contributed by atoms with Gasteiger partial charge in [-0.25, -0.2) is 0 Å². The van der Waals surface area contributed by atoms with Crippen molar-refractivity contribution >= 4 is 11.5 Å². The van der Waals surface area contributed by atoms with Crippen LogP contribution in [0.25, 0.3) is 0 Å². The lowest BCUT2D eigenvalue weighted by Gasteiger charge is -2.02. The third kappa shape index (κ3) is 3.16. The Kier molecular flexibility index (Phi) is 3.55. The van der Waals surface area contributed by atoms with Crippen LogP contribution in [0.3, 0.4) is 0 Å². The molecule has 0 saturated heterocycles. The number of benzene rings is 1. The van der Waals surface area contributed by atoms with Gasteiger partial charge >= 0.3 is 0 Å². The number of nitro groups is 1. The summed E-state index contributed by atoms with van der Waals surface area (Å²) in [6.45, 7) is 3.36. The highest BCUT2D eigenvalue weighted by Crippen LogP contribution is 2.21. The molecule has 0 aromatic heterocycles.